The summed E-state index contributed by atoms with van der Waals surface area (Å²) in [6.07, 6.45) is 8.35. The number of rotatable bonds is 5. The second kappa shape index (κ2) is 7.71. The number of aromatic nitrogens is 5. The maximum atomic E-state index is 11.5. The summed E-state index contributed by atoms with van der Waals surface area (Å²) in [6, 6.07) is 7.94. The SMILES string of the molecule is NC1(c2ccc(Nc3cc(=NC4CC4)n4ncc(=Cc5[nH]c(=O)[nH]c5O)c4n3)c(Cl)c2)CCC1. The number of aromatic amines is 2. The van der Waals surface area contributed by atoms with E-state index in [0.717, 1.165) is 37.7 Å². The summed E-state index contributed by atoms with van der Waals surface area (Å²) in [7, 11) is 0. The predicted molar refractivity (Wildman–Crippen MR) is 128 cm³/mol. The number of nitrogens with two attached hydrogens (primary N) is 1. The van der Waals surface area contributed by atoms with Crippen LogP contribution in [0.15, 0.2) is 40.2 Å². The van der Waals surface area contributed by atoms with E-state index >= 15 is 0 Å². The van der Waals surface area contributed by atoms with Crippen LogP contribution in [0.3, 0.4) is 0 Å². The van der Waals surface area contributed by atoms with Gasteiger partial charge in [-0.3, -0.25) is 9.98 Å². The van der Waals surface area contributed by atoms with Gasteiger partial charge in [0.1, 0.15) is 11.5 Å². The normalized spacial score (nSPS) is 18.4. The number of aromatic hydroxyl groups is 1. The van der Waals surface area contributed by atoms with Gasteiger partial charge in [-0.1, -0.05) is 17.7 Å². The van der Waals surface area contributed by atoms with Crippen LogP contribution in [-0.2, 0) is 5.54 Å². The molecule has 0 amide bonds. The van der Waals surface area contributed by atoms with E-state index < -0.39 is 5.69 Å². The summed E-state index contributed by atoms with van der Waals surface area (Å²) in [5, 5.41) is 18.8. The van der Waals surface area contributed by atoms with E-state index in [-0.39, 0.29) is 23.2 Å². The van der Waals surface area contributed by atoms with Gasteiger partial charge in [-0.25, -0.2) is 9.78 Å². The molecule has 34 heavy (non-hydrogen) atoms. The minimum Gasteiger partial charge on any atom is -0.493 e. The van der Waals surface area contributed by atoms with Gasteiger partial charge >= 0.3 is 5.69 Å². The van der Waals surface area contributed by atoms with Gasteiger partial charge in [-0.15, -0.1) is 0 Å². The summed E-state index contributed by atoms with van der Waals surface area (Å²) >= 11 is 6.60. The number of hydrogen-bond acceptors (Lipinski definition) is 7. The number of imidazole rings is 1. The molecule has 11 heteroatoms. The number of nitrogens with zero attached hydrogens (tertiary/aromatic N) is 4. The van der Waals surface area contributed by atoms with Crippen LogP contribution in [0.5, 0.6) is 5.88 Å². The minimum atomic E-state index is -0.501. The van der Waals surface area contributed by atoms with Gasteiger partial charge in [0.25, 0.3) is 0 Å². The largest absolute Gasteiger partial charge is 0.493 e. The van der Waals surface area contributed by atoms with Crippen molar-refractivity contribution in [3.05, 3.63) is 67.9 Å². The van der Waals surface area contributed by atoms with Crippen molar-refractivity contribution in [2.75, 3.05) is 5.32 Å². The molecule has 6 rings (SSSR count). The van der Waals surface area contributed by atoms with E-state index in [2.05, 4.69) is 20.4 Å². The van der Waals surface area contributed by atoms with Crippen LogP contribution in [0, 0.1) is 0 Å². The Morgan fingerprint density at radius 2 is 2.12 bits per heavy atom. The smallest absolute Gasteiger partial charge is 0.326 e. The lowest BCUT2D eigenvalue weighted by atomic mass is 9.73. The van der Waals surface area contributed by atoms with Crippen LogP contribution in [-0.4, -0.2) is 35.7 Å². The molecule has 3 aromatic heterocycles. The zero-order valence-corrected chi connectivity index (χ0v) is 18.9. The number of nitrogens with one attached hydrogen (secondary N) is 3. The average molecular weight is 479 g/mol. The molecule has 0 atom stereocenters. The molecular formula is C23H23ClN8O2. The summed E-state index contributed by atoms with van der Waals surface area (Å²) < 4.78 is 1.65. The van der Waals surface area contributed by atoms with Gasteiger partial charge in [0.15, 0.2) is 11.1 Å². The lowest BCUT2D eigenvalue weighted by molar-refractivity contribution is 0.253. The quantitative estimate of drug-likeness (QED) is 0.295. The highest BCUT2D eigenvalue weighted by Crippen LogP contribution is 2.40. The molecule has 1 aromatic carbocycles. The van der Waals surface area contributed by atoms with Gasteiger partial charge in [0.05, 0.1) is 22.9 Å². The van der Waals surface area contributed by atoms with Crippen molar-refractivity contribution in [3.63, 3.8) is 0 Å². The Bertz CT molecular complexity index is 1590. The van der Waals surface area contributed by atoms with Gasteiger partial charge in [-0.05, 0) is 55.9 Å². The Kier molecular flexibility index (Phi) is 4.75. The van der Waals surface area contributed by atoms with Gasteiger partial charge in [0.2, 0.25) is 5.88 Å². The topological polar surface area (TPSA) is 149 Å². The first-order chi connectivity index (χ1) is 16.4. The van der Waals surface area contributed by atoms with Crippen molar-refractivity contribution in [1.82, 2.24) is 24.6 Å². The van der Waals surface area contributed by atoms with Gasteiger partial charge in [0, 0.05) is 16.8 Å². The molecule has 4 aromatic rings. The van der Waals surface area contributed by atoms with Crippen molar-refractivity contribution < 1.29 is 5.11 Å². The number of hydrogen-bond donors (Lipinski definition) is 5. The number of benzene rings is 1. The van der Waals surface area contributed by atoms with Crippen LogP contribution in [0.4, 0.5) is 11.5 Å². The Balaban J connectivity index is 1.44. The molecule has 2 fully saturated rings. The Morgan fingerprint density at radius 1 is 1.29 bits per heavy atom. The molecule has 3 heterocycles. The first-order valence-electron chi connectivity index (χ1n) is 11.2. The molecule has 2 aliphatic rings. The minimum absolute atomic E-state index is 0.242. The van der Waals surface area contributed by atoms with E-state index in [1.165, 1.54) is 0 Å². The van der Waals surface area contributed by atoms with Gasteiger partial charge in [-0.2, -0.15) is 9.61 Å². The molecule has 0 bridgehead atoms. The standard InChI is InChI=1S/C23H23ClN8O2/c24-15-9-13(23(25)6-1-7-23)2-5-16(15)28-18-10-19(27-14-3-4-14)32-20(30-18)12(11-26-32)8-17-21(33)31-22(34)29-17/h2,5,8-11,14,28,33H,1,3-4,6-7,25H2,(H2,29,31,34). The van der Waals surface area contributed by atoms with Crippen LogP contribution < -0.4 is 27.4 Å². The van der Waals surface area contributed by atoms with Crippen molar-refractivity contribution in [2.45, 2.75) is 43.7 Å². The molecule has 0 unspecified atom stereocenters. The molecule has 0 saturated heterocycles. The Labute approximate surface area is 198 Å². The van der Waals surface area contributed by atoms with E-state index in [4.69, 9.17) is 27.3 Å². The Hall–Kier alpha value is -3.63. The van der Waals surface area contributed by atoms with Crippen molar-refractivity contribution in [1.29, 1.82) is 0 Å². The highest BCUT2D eigenvalue weighted by atomic mass is 35.5. The van der Waals surface area contributed by atoms with E-state index in [1.54, 1.807) is 16.8 Å². The maximum Gasteiger partial charge on any atom is 0.326 e. The summed E-state index contributed by atoms with van der Waals surface area (Å²) in [5.74, 6) is 0.298. The average Bonchev–Trinajstić information content (AvgIpc) is 3.42. The van der Waals surface area contributed by atoms with Crippen LogP contribution >= 0.6 is 11.6 Å². The molecule has 0 aliphatic heterocycles. The number of H-pyrrole nitrogens is 2. The fourth-order valence-corrected chi connectivity index (χ4v) is 4.40. The lowest BCUT2D eigenvalue weighted by Crippen LogP contribution is -2.43. The predicted octanol–water partition coefficient (Wildman–Crippen LogP) is 1.80. The molecule has 0 spiro atoms. The highest BCUT2D eigenvalue weighted by molar-refractivity contribution is 6.33. The second-order valence-electron chi connectivity index (χ2n) is 9.01. The van der Waals surface area contributed by atoms with Gasteiger partial charge < -0.3 is 21.1 Å². The van der Waals surface area contributed by atoms with Crippen molar-refractivity contribution >= 4 is 34.8 Å². The molecule has 174 valence electrons. The first-order valence-corrected chi connectivity index (χ1v) is 11.6. The van der Waals surface area contributed by atoms with E-state index in [1.807, 2.05) is 24.3 Å². The molecule has 2 aliphatic carbocycles. The zero-order chi connectivity index (χ0) is 23.4. The lowest BCUT2D eigenvalue weighted by Gasteiger charge is -2.38. The molecular weight excluding hydrogens is 456 g/mol. The Morgan fingerprint density at radius 3 is 2.76 bits per heavy atom. The third kappa shape index (κ3) is 3.74. The third-order valence-electron chi connectivity index (χ3n) is 6.43. The van der Waals surface area contributed by atoms with Crippen LogP contribution in [0.25, 0.3) is 11.7 Å². The van der Waals surface area contributed by atoms with E-state index in [9.17, 15) is 9.90 Å². The number of fused-ring (bicyclic) bond motifs is 1. The van der Waals surface area contributed by atoms with E-state index in [0.29, 0.717) is 32.9 Å². The fourth-order valence-electron chi connectivity index (χ4n) is 4.17. The van der Waals surface area contributed by atoms with Crippen molar-refractivity contribution in [2.24, 2.45) is 10.7 Å². The maximum absolute atomic E-state index is 11.5. The highest BCUT2D eigenvalue weighted by Gasteiger charge is 2.34. The molecule has 0 radical (unpaired) electrons. The van der Waals surface area contributed by atoms with Crippen molar-refractivity contribution in [3.8, 4) is 5.88 Å². The fraction of sp³-hybridized carbons (Fsp3) is 0.304. The van der Waals surface area contributed by atoms with Crippen LogP contribution in [0.1, 0.15) is 43.4 Å². The summed E-state index contributed by atoms with van der Waals surface area (Å²) in [4.78, 5) is 25.9. The summed E-state index contributed by atoms with van der Waals surface area (Å²) in [5.41, 5.74) is 8.83. The zero-order valence-electron chi connectivity index (χ0n) is 18.2. The molecule has 10 nitrogen and oxygen atoms in total. The first kappa shape index (κ1) is 20.9. The third-order valence-corrected chi connectivity index (χ3v) is 6.74. The number of halogens is 1. The molecule has 2 saturated carbocycles. The monoisotopic (exact) mass is 478 g/mol. The number of anilines is 2. The second-order valence-corrected chi connectivity index (χ2v) is 9.42. The summed E-state index contributed by atoms with van der Waals surface area (Å²) in [6.45, 7) is 0. The van der Waals surface area contributed by atoms with Crippen LogP contribution in [0.2, 0.25) is 5.02 Å². The molecule has 6 N–H and O–H groups in total.